The van der Waals surface area contributed by atoms with Gasteiger partial charge in [0.2, 0.25) is 11.8 Å². The lowest BCUT2D eigenvalue weighted by Gasteiger charge is -2.30. The number of hydrogen-bond donors (Lipinski definition) is 3. The molecule has 2 aromatic carbocycles. The van der Waals surface area contributed by atoms with Crippen LogP contribution in [0.2, 0.25) is 0 Å². The number of piperidine rings is 1. The van der Waals surface area contributed by atoms with Crippen LogP contribution in [0.4, 0.5) is 10.5 Å². The summed E-state index contributed by atoms with van der Waals surface area (Å²) in [4.78, 5) is 51.0. The summed E-state index contributed by atoms with van der Waals surface area (Å²) >= 11 is 0. The predicted molar refractivity (Wildman–Crippen MR) is 126 cm³/mol. The van der Waals surface area contributed by atoms with Crippen LogP contribution in [0.5, 0.6) is 0 Å². The lowest BCUT2D eigenvalue weighted by molar-refractivity contribution is -0.136. The van der Waals surface area contributed by atoms with Gasteiger partial charge in [0.25, 0.3) is 5.91 Å². The van der Waals surface area contributed by atoms with Gasteiger partial charge in [-0.25, -0.2) is 4.79 Å². The zero-order valence-electron chi connectivity index (χ0n) is 18.9. The van der Waals surface area contributed by atoms with Crippen LogP contribution in [-0.2, 0) is 22.6 Å². The monoisotopic (exact) mass is 460 g/mol. The van der Waals surface area contributed by atoms with Crippen LogP contribution in [0.15, 0.2) is 48.5 Å². The molecule has 3 N–H and O–H groups in total. The first kappa shape index (κ1) is 22.1. The first-order chi connectivity index (χ1) is 16.4. The summed E-state index contributed by atoms with van der Waals surface area (Å²) in [6, 6.07) is 14.5. The molecule has 2 aliphatic heterocycles. The number of carbonyl (C=O) groups is 4. The second kappa shape index (κ2) is 8.93. The number of anilines is 1. The molecule has 8 heteroatoms. The molecule has 0 radical (unpaired) electrons. The first-order valence-corrected chi connectivity index (χ1v) is 11.8. The van der Waals surface area contributed by atoms with Crippen molar-refractivity contribution in [3.63, 3.8) is 0 Å². The van der Waals surface area contributed by atoms with Gasteiger partial charge in [0, 0.05) is 29.8 Å². The Bertz CT molecular complexity index is 1140. The molecular weight excluding hydrogens is 432 g/mol. The molecule has 3 aliphatic rings. The molecule has 2 fully saturated rings. The van der Waals surface area contributed by atoms with Gasteiger partial charge in [0.15, 0.2) is 0 Å². The third-order valence-electron chi connectivity index (χ3n) is 7.11. The fourth-order valence-electron chi connectivity index (χ4n) is 5.44. The second-order valence-corrected chi connectivity index (χ2v) is 9.50. The standard InChI is InChI=1S/C26H28N4O4/c31-22-11-10-21(23(32)28-22)30-16-18-14-19(8-9-20(18)24(30)33)27-25(34)29-26(12-4-5-13-26)15-17-6-2-1-3-7-17/h1-3,6-9,14,21H,4-5,10-13,15-16H2,(H2,27,29,34)(H,28,31,32). The third kappa shape index (κ3) is 4.40. The van der Waals surface area contributed by atoms with Gasteiger partial charge in [0.1, 0.15) is 6.04 Å². The topological polar surface area (TPSA) is 108 Å². The molecule has 5 amide bonds. The minimum absolute atomic E-state index is 0.217. The van der Waals surface area contributed by atoms with Crippen molar-refractivity contribution >= 4 is 29.4 Å². The Kier molecular flexibility index (Phi) is 5.81. The predicted octanol–water partition coefficient (Wildman–Crippen LogP) is 3.12. The zero-order chi connectivity index (χ0) is 23.7. The smallest absolute Gasteiger partial charge is 0.319 e. The highest BCUT2D eigenvalue weighted by atomic mass is 16.2. The molecule has 0 bridgehead atoms. The molecule has 8 nitrogen and oxygen atoms in total. The number of fused-ring (bicyclic) bond motifs is 1. The lowest BCUT2D eigenvalue weighted by atomic mass is 9.89. The minimum atomic E-state index is -0.655. The molecule has 34 heavy (non-hydrogen) atoms. The van der Waals surface area contributed by atoms with Crippen LogP contribution >= 0.6 is 0 Å². The van der Waals surface area contributed by atoms with Gasteiger partial charge < -0.3 is 15.5 Å². The molecule has 2 aromatic rings. The number of hydrogen-bond acceptors (Lipinski definition) is 4. The van der Waals surface area contributed by atoms with E-state index in [0.29, 0.717) is 17.7 Å². The van der Waals surface area contributed by atoms with E-state index in [0.717, 1.165) is 37.7 Å². The number of nitrogens with zero attached hydrogens (tertiary/aromatic N) is 1. The Balaban J connectivity index is 1.26. The highest BCUT2D eigenvalue weighted by Crippen LogP contribution is 2.33. The summed E-state index contributed by atoms with van der Waals surface area (Å²) in [5.74, 6) is -0.973. The number of carbonyl (C=O) groups excluding carboxylic acids is 4. The van der Waals surface area contributed by atoms with Crippen molar-refractivity contribution in [3.8, 4) is 0 Å². The maximum Gasteiger partial charge on any atom is 0.319 e. The highest BCUT2D eigenvalue weighted by molar-refractivity contribution is 6.05. The molecule has 0 aromatic heterocycles. The first-order valence-electron chi connectivity index (χ1n) is 11.8. The minimum Gasteiger partial charge on any atom is -0.332 e. The van der Waals surface area contributed by atoms with Gasteiger partial charge in [-0.2, -0.15) is 0 Å². The quantitative estimate of drug-likeness (QED) is 0.596. The summed E-state index contributed by atoms with van der Waals surface area (Å²) < 4.78 is 0. The van der Waals surface area contributed by atoms with Gasteiger partial charge in [-0.15, -0.1) is 0 Å². The van der Waals surface area contributed by atoms with Gasteiger partial charge in [-0.3, -0.25) is 19.7 Å². The number of urea groups is 1. The van der Waals surface area contributed by atoms with Crippen LogP contribution < -0.4 is 16.0 Å². The summed E-state index contributed by atoms with van der Waals surface area (Å²) in [5, 5.41) is 8.46. The Morgan fingerprint density at radius 2 is 1.82 bits per heavy atom. The Labute approximate surface area is 198 Å². The normalized spacial score (nSPS) is 21.2. The van der Waals surface area contributed by atoms with Crippen molar-refractivity contribution in [2.75, 3.05) is 5.32 Å². The summed E-state index contributed by atoms with van der Waals surface area (Å²) in [7, 11) is 0. The maximum absolute atomic E-state index is 12.9. The van der Waals surface area contributed by atoms with Crippen molar-refractivity contribution in [2.45, 2.75) is 63.1 Å². The molecule has 2 heterocycles. The lowest BCUT2D eigenvalue weighted by Crippen LogP contribution is -2.52. The molecule has 1 saturated heterocycles. The molecule has 0 spiro atoms. The molecular formula is C26H28N4O4. The van der Waals surface area contributed by atoms with Crippen LogP contribution in [-0.4, -0.2) is 40.2 Å². The van der Waals surface area contributed by atoms with Crippen LogP contribution in [0.25, 0.3) is 0 Å². The van der Waals surface area contributed by atoms with E-state index in [-0.39, 0.29) is 36.3 Å². The molecule has 1 saturated carbocycles. The van der Waals surface area contributed by atoms with Crippen LogP contribution in [0.1, 0.15) is 60.0 Å². The zero-order valence-corrected chi connectivity index (χ0v) is 18.9. The maximum atomic E-state index is 12.9. The van der Waals surface area contributed by atoms with Gasteiger partial charge in [-0.1, -0.05) is 43.2 Å². The molecule has 1 atom stereocenters. The summed E-state index contributed by atoms with van der Waals surface area (Å²) in [5.41, 5.74) is 2.82. The SMILES string of the molecule is O=C1CCC(N2Cc3cc(NC(=O)NC4(Cc5ccccc5)CCCC4)ccc3C2=O)C(=O)N1. The molecule has 176 valence electrons. The van der Waals surface area contributed by atoms with Gasteiger partial charge in [-0.05, 0) is 55.0 Å². The number of rotatable bonds is 5. The highest BCUT2D eigenvalue weighted by Gasteiger charge is 2.39. The average molecular weight is 461 g/mol. The van der Waals surface area contributed by atoms with Crippen molar-refractivity contribution in [1.82, 2.24) is 15.5 Å². The molecule has 5 rings (SSSR count). The number of nitrogens with one attached hydrogen (secondary N) is 3. The molecule has 1 unspecified atom stereocenters. The third-order valence-corrected chi connectivity index (χ3v) is 7.11. The van der Waals surface area contributed by atoms with Crippen LogP contribution in [0.3, 0.4) is 0 Å². The van der Waals surface area contributed by atoms with Crippen molar-refractivity contribution in [3.05, 3.63) is 65.2 Å². The average Bonchev–Trinajstić information content (AvgIpc) is 3.38. The Hall–Kier alpha value is -3.68. The van der Waals surface area contributed by atoms with Crippen molar-refractivity contribution < 1.29 is 19.2 Å². The van der Waals surface area contributed by atoms with E-state index in [1.807, 2.05) is 18.2 Å². The summed E-state index contributed by atoms with van der Waals surface area (Å²) in [6.45, 7) is 0.273. The van der Waals surface area contributed by atoms with E-state index in [1.54, 1.807) is 18.2 Å². The van der Waals surface area contributed by atoms with E-state index in [4.69, 9.17) is 0 Å². The fraction of sp³-hybridized carbons (Fsp3) is 0.385. The number of imide groups is 1. The number of amides is 5. The fourth-order valence-corrected chi connectivity index (χ4v) is 5.44. The molecule has 1 aliphatic carbocycles. The largest absolute Gasteiger partial charge is 0.332 e. The van der Waals surface area contributed by atoms with E-state index >= 15 is 0 Å². The van der Waals surface area contributed by atoms with Crippen molar-refractivity contribution in [1.29, 1.82) is 0 Å². The van der Waals surface area contributed by atoms with E-state index in [9.17, 15) is 19.2 Å². The van der Waals surface area contributed by atoms with Gasteiger partial charge in [0.05, 0.1) is 0 Å². The van der Waals surface area contributed by atoms with Crippen LogP contribution in [0, 0.1) is 0 Å². The number of benzene rings is 2. The summed E-state index contributed by atoms with van der Waals surface area (Å²) in [6.07, 6.45) is 5.38. The second-order valence-electron chi connectivity index (χ2n) is 9.50. The van der Waals surface area contributed by atoms with E-state index < -0.39 is 11.9 Å². The van der Waals surface area contributed by atoms with E-state index in [2.05, 4.69) is 28.1 Å². The Morgan fingerprint density at radius 3 is 2.56 bits per heavy atom. The van der Waals surface area contributed by atoms with Crippen molar-refractivity contribution in [2.24, 2.45) is 0 Å². The van der Waals surface area contributed by atoms with E-state index in [1.165, 1.54) is 10.5 Å². The Morgan fingerprint density at radius 1 is 1.06 bits per heavy atom. The van der Waals surface area contributed by atoms with Gasteiger partial charge >= 0.3 is 6.03 Å².